The predicted molar refractivity (Wildman–Crippen MR) is 107 cm³/mol. The van der Waals surface area contributed by atoms with Crippen molar-refractivity contribution in [3.05, 3.63) is 65.5 Å². The standard InChI is InChI=1S/C20H24FN3O4S/c1-28-19-8-3-5-16(12-19)13-22-20(25)15-24-10-4-9-23(29(24,26)27)14-17-6-2-7-18(21)11-17/h2-3,5-8,11-12H,4,9-10,13-15H2,1H3,(H,22,25). The zero-order valence-electron chi connectivity index (χ0n) is 16.2. The molecule has 1 aliphatic heterocycles. The van der Waals surface area contributed by atoms with Crippen molar-refractivity contribution < 1.29 is 22.3 Å². The van der Waals surface area contributed by atoms with Gasteiger partial charge in [0.15, 0.2) is 0 Å². The number of amides is 1. The fourth-order valence-corrected chi connectivity index (χ4v) is 4.82. The number of halogens is 1. The van der Waals surface area contributed by atoms with Crippen LogP contribution in [0.2, 0.25) is 0 Å². The SMILES string of the molecule is COc1cccc(CNC(=O)CN2CCCN(Cc3cccc(F)c3)S2(=O)=O)c1. The molecule has 0 spiro atoms. The first kappa shape index (κ1) is 21.2. The van der Waals surface area contributed by atoms with Crippen molar-refractivity contribution in [1.82, 2.24) is 13.9 Å². The second kappa shape index (κ2) is 9.34. The molecule has 0 saturated carbocycles. The van der Waals surface area contributed by atoms with Crippen LogP contribution in [-0.2, 0) is 28.1 Å². The van der Waals surface area contributed by atoms with Gasteiger partial charge in [-0.25, -0.2) is 4.39 Å². The summed E-state index contributed by atoms with van der Waals surface area (Å²) in [5.74, 6) is -0.113. The van der Waals surface area contributed by atoms with Crippen LogP contribution in [0.3, 0.4) is 0 Å². The van der Waals surface area contributed by atoms with Crippen LogP contribution in [0.1, 0.15) is 17.5 Å². The van der Waals surface area contributed by atoms with Crippen LogP contribution < -0.4 is 10.1 Å². The lowest BCUT2D eigenvalue weighted by atomic mass is 10.2. The van der Waals surface area contributed by atoms with Gasteiger partial charge in [-0.05, 0) is 41.8 Å². The Balaban J connectivity index is 1.60. The molecule has 1 N–H and O–H groups in total. The molecule has 1 fully saturated rings. The fraction of sp³-hybridized carbons (Fsp3) is 0.350. The van der Waals surface area contributed by atoms with E-state index in [2.05, 4.69) is 5.32 Å². The van der Waals surface area contributed by atoms with E-state index in [0.29, 0.717) is 24.3 Å². The Labute approximate surface area is 170 Å². The average Bonchev–Trinajstić information content (AvgIpc) is 2.70. The van der Waals surface area contributed by atoms with E-state index in [4.69, 9.17) is 4.74 Å². The van der Waals surface area contributed by atoms with E-state index >= 15 is 0 Å². The van der Waals surface area contributed by atoms with Gasteiger partial charge in [-0.2, -0.15) is 17.0 Å². The van der Waals surface area contributed by atoms with E-state index in [1.165, 1.54) is 16.4 Å². The van der Waals surface area contributed by atoms with Gasteiger partial charge < -0.3 is 10.1 Å². The third-order valence-electron chi connectivity index (χ3n) is 4.66. The summed E-state index contributed by atoms with van der Waals surface area (Å²) in [6.07, 6.45) is 0.595. The number of nitrogens with one attached hydrogen (secondary N) is 1. The summed E-state index contributed by atoms with van der Waals surface area (Å²) in [5.41, 5.74) is 1.42. The minimum atomic E-state index is -3.80. The molecule has 9 heteroatoms. The van der Waals surface area contributed by atoms with Gasteiger partial charge in [-0.15, -0.1) is 0 Å². The van der Waals surface area contributed by atoms with Gasteiger partial charge in [0.1, 0.15) is 11.6 Å². The molecule has 0 radical (unpaired) electrons. The second-order valence-electron chi connectivity index (χ2n) is 6.79. The summed E-state index contributed by atoms with van der Waals surface area (Å²) < 4.78 is 46.7. The van der Waals surface area contributed by atoms with E-state index in [1.807, 2.05) is 12.1 Å². The van der Waals surface area contributed by atoms with Crippen LogP contribution >= 0.6 is 0 Å². The monoisotopic (exact) mass is 421 g/mol. The number of hydrogen-bond donors (Lipinski definition) is 1. The van der Waals surface area contributed by atoms with E-state index < -0.39 is 16.0 Å². The topological polar surface area (TPSA) is 79.0 Å². The molecule has 1 aliphatic rings. The molecular formula is C20H24FN3O4S. The first-order valence-corrected chi connectivity index (χ1v) is 10.7. The molecular weight excluding hydrogens is 397 g/mol. The van der Waals surface area contributed by atoms with E-state index in [9.17, 15) is 17.6 Å². The van der Waals surface area contributed by atoms with E-state index in [-0.39, 0.29) is 32.1 Å². The molecule has 0 aromatic heterocycles. The van der Waals surface area contributed by atoms with Gasteiger partial charge in [0.25, 0.3) is 10.2 Å². The van der Waals surface area contributed by atoms with Gasteiger partial charge in [0, 0.05) is 26.2 Å². The van der Waals surface area contributed by atoms with Crippen LogP contribution in [0.5, 0.6) is 5.75 Å². The van der Waals surface area contributed by atoms with Crippen molar-refractivity contribution in [1.29, 1.82) is 0 Å². The van der Waals surface area contributed by atoms with Gasteiger partial charge >= 0.3 is 0 Å². The molecule has 156 valence electrons. The maximum Gasteiger partial charge on any atom is 0.282 e. The third kappa shape index (κ3) is 5.53. The Morgan fingerprint density at radius 3 is 2.59 bits per heavy atom. The molecule has 3 rings (SSSR count). The molecule has 1 saturated heterocycles. The Morgan fingerprint density at radius 1 is 1.10 bits per heavy atom. The van der Waals surface area contributed by atoms with Crippen LogP contribution in [0.25, 0.3) is 0 Å². The summed E-state index contributed by atoms with van der Waals surface area (Å²) >= 11 is 0. The lowest BCUT2D eigenvalue weighted by Gasteiger charge is -2.34. The zero-order valence-corrected chi connectivity index (χ0v) is 17.0. The highest BCUT2D eigenvalue weighted by molar-refractivity contribution is 7.86. The van der Waals surface area contributed by atoms with Crippen molar-refractivity contribution in [3.8, 4) is 5.75 Å². The van der Waals surface area contributed by atoms with Crippen molar-refractivity contribution in [2.45, 2.75) is 19.5 Å². The molecule has 2 aromatic carbocycles. The first-order chi connectivity index (χ1) is 13.9. The summed E-state index contributed by atoms with van der Waals surface area (Å²) in [4.78, 5) is 12.3. The molecule has 7 nitrogen and oxygen atoms in total. The summed E-state index contributed by atoms with van der Waals surface area (Å²) in [5, 5.41) is 2.74. The number of hydrogen-bond acceptors (Lipinski definition) is 4. The zero-order chi connectivity index (χ0) is 20.9. The predicted octanol–water partition coefficient (Wildman–Crippen LogP) is 1.90. The van der Waals surface area contributed by atoms with Gasteiger partial charge in [0.05, 0.1) is 13.7 Å². The number of ether oxygens (including phenoxy) is 1. The van der Waals surface area contributed by atoms with E-state index in [1.54, 1.807) is 31.4 Å². The number of nitrogens with zero attached hydrogens (tertiary/aromatic N) is 2. The Kier molecular flexibility index (Phi) is 6.83. The van der Waals surface area contributed by atoms with Crippen LogP contribution in [0.4, 0.5) is 4.39 Å². The van der Waals surface area contributed by atoms with Crippen molar-refractivity contribution in [2.75, 3.05) is 26.7 Å². The molecule has 29 heavy (non-hydrogen) atoms. The molecule has 2 aromatic rings. The molecule has 0 atom stereocenters. The lowest BCUT2D eigenvalue weighted by Crippen LogP contribution is -2.52. The lowest BCUT2D eigenvalue weighted by molar-refractivity contribution is -0.121. The van der Waals surface area contributed by atoms with Gasteiger partial charge in [0.2, 0.25) is 5.91 Å². The number of methoxy groups -OCH3 is 1. The smallest absolute Gasteiger partial charge is 0.282 e. The molecule has 1 heterocycles. The van der Waals surface area contributed by atoms with Crippen molar-refractivity contribution >= 4 is 16.1 Å². The second-order valence-corrected chi connectivity index (χ2v) is 8.72. The quantitative estimate of drug-likeness (QED) is 0.741. The van der Waals surface area contributed by atoms with Crippen molar-refractivity contribution in [2.24, 2.45) is 0 Å². The number of rotatable bonds is 7. The van der Waals surface area contributed by atoms with Crippen molar-refractivity contribution in [3.63, 3.8) is 0 Å². The highest BCUT2D eigenvalue weighted by Gasteiger charge is 2.34. The highest BCUT2D eigenvalue weighted by atomic mass is 32.2. The number of carbonyl (C=O) groups is 1. The summed E-state index contributed by atoms with van der Waals surface area (Å²) in [6, 6.07) is 13.1. The molecule has 0 unspecified atom stereocenters. The highest BCUT2D eigenvalue weighted by Crippen LogP contribution is 2.19. The summed E-state index contributed by atoms with van der Waals surface area (Å²) in [6.45, 7) is 0.695. The molecule has 0 aliphatic carbocycles. The molecule has 1 amide bonds. The van der Waals surface area contributed by atoms with Crippen LogP contribution in [0, 0.1) is 5.82 Å². The normalized spacial score (nSPS) is 17.0. The Hall–Kier alpha value is -2.49. The van der Waals surface area contributed by atoms with Crippen LogP contribution in [0.15, 0.2) is 48.5 Å². The molecule has 0 bridgehead atoms. The average molecular weight is 421 g/mol. The Morgan fingerprint density at radius 2 is 1.83 bits per heavy atom. The van der Waals surface area contributed by atoms with Gasteiger partial charge in [-0.1, -0.05) is 24.3 Å². The first-order valence-electron chi connectivity index (χ1n) is 9.28. The maximum atomic E-state index is 13.4. The summed E-state index contributed by atoms with van der Waals surface area (Å²) in [7, 11) is -2.24. The minimum Gasteiger partial charge on any atom is -0.497 e. The third-order valence-corrected chi connectivity index (χ3v) is 6.59. The van der Waals surface area contributed by atoms with Crippen LogP contribution in [-0.4, -0.2) is 49.7 Å². The number of carbonyl (C=O) groups excluding carboxylic acids is 1. The maximum absolute atomic E-state index is 13.4. The largest absolute Gasteiger partial charge is 0.497 e. The number of benzene rings is 2. The van der Waals surface area contributed by atoms with Gasteiger partial charge in [-0.3, -0.25) is 4.79 Å². The minimum absolute atomic E-state index is 0.0715. The van der Waals surface area contributed by atoms with E-state index in [0.717, 1.165) is 9.87 Å². The Bertz CT molecular complexity index is 968. The fourth-order valence-electron chi connectivity index (χ4n) is 3.18.